The summed E-state index contributed by atoms with van der Waals surface area (Å²) in [5.41, 5.74) is 2.97. The van der Waals surface area contributed by atoms with Crippen LogP contribution in [-0.2, 0) is 6.54 Å². The third-order valence-corrected chi connectivity index (χ3v) is 3.32. The van der Waals surface area contributed by atoms with Crippen molar-refractivity contribution in [3.8, 4) is 11.6 Å². The second-order valence-corrected chi connectivity index (χ2v) is 4.72. The molecule has 8 nitrogen and oxygen atoms in total. The number of carbonyl (C=O) groups excluding carboxylic acids is 2. The van der Waals surface area contributed by atoms with Crippen LogP contribution in [0.25, 0.3) is 5.69 Å². The van der Waals surface area contributed by atoms with Gasteiger partial charge in [0.05, 0.1) is 17.8 Å². The zero-order valence-corrected chi connectivity index (χ0v) is 11.5. The maximum atomic E-state index is 13.4. The topological polar surface area (TPSA) is 102 Å². The van der Waals surface area contributed by atoms with Crippen molar-refractivity contribution in [1.29, 1.82) is 0 Å². The molecule has 0 fully saturated rings. The first-order valence-electron chi connectivity index (χ1n) is 6.31. The van der Waals surface area contributed by atoms with E-state index in [9.17, 15) is 14.0 Å². The Balaban J connectivity index is 2.15. The SMILES string of the molecule is CN1Cc2c(OC(=O)NN)ncn2-c2ccc(F)cc2C1=O. The maximum Gasteiger partial charge on any atom is 0.428 e. The number of benzene rings is 1. The van der Waals surface area contributed by atoms with Gasteiger partial charge in [-0.05, 0) is 18.2 Å². The molecule has 0 saturated carbocycles. The molecule has 2 amide bonds. The van der Waals surface area contributed by atoms with Crippen molar-refractivity contribution in [2.24, 2.45) is 5.84 Å². The number of carbonyl (C=O) groups is 2. The normalized spacial score (nSPS) is 13.2. The Labute approximate surface area is 124 Å². The van der Waals surface area contributed by atoms with Crippen LogP contribution < -0.4 is 16.0 Å². The van der Waals surface area contributed by atoms with E-state index in [1.54, 1.807) is 11.6 Å². The van der Waals surface area contributed by atoms with Gasteiger partial charge in [0.15, 0.2) is 0 Å². The van der Waals surface area contributed by atoms with Crippen molar-refractivity contribution in [2.75, 3.05) is 7.05 Å². The summed E-state index contributed by atoms with van der Waals surface area (Å²) in [4.78, 5) is 29.0. The van der Waals surface area contributed by atoms with Gasteiger partial charge in [0.2, 0.25) is 5.88 Å². The van der Waals surface area contributed by atoms with Gasteiger partial charge in [0.1, 0.15) is 17.8 Å². The van der Waals surface area contributed by atoms with Gasteiger partial charge >= 0.3 is 6.09 Å². The molecule has 0 unspecified atom stereocenters. The molecule has 2 aromatic rings. The van der Waals surface area contributed by atoms with Crippen molar-refractivity contribution >= 4 is 12.0 Å². The Bertz CT molecular complexity index is 773. The average molecular weight is 305 g/mol. The summed E-state index contributed by atoms with van der Waals surface area (Å²) in [7, 11) is 1.56. The van der Waals surface area contributed by atoms with E-state index in [0.717, 1.165) is 6.07 Å². The maximum absolute atomic E-state index is 13.4. The Kier molecular flexibility index (Phi) is 3.26. The van der Waals surface area contributed by atoms with Crippen molar-refractivity contribution in [2.45, 2.75) is 6.54 Å². The number of halogens is 1. The lowest BCUT2D eigenvalue weighted by Gasteiger charge is -2.14. The fraction of sp³-hybridized carbons (Fsp3) is 0.154. The summed E-state index contributed by atoms with van der Waals surface area (Å²) in [6.07, 6.45) is 0.525. The quantitative estimate of drug-likeness (QED) is 0.455. The van der Waals surface area contributed by atoms with Gasteiger partial charge in [-0.1, -0.05) is 0 Å². The number of imidazole rings is 1. The third-order valence-electron chi connectivity index (χ3n) is 3.32. The second-order valence-electron chi connectivity index (χ2n) is 4.72. The summed E-state index contributed by atoms with van der Waals surface area (Å²) >= 11 is 0. The smallest absolute Gasteiger partial charge is 0.388 e. The first kappa shape index (κ1) is 14.0. The molecule has 1 aromatic heterocycles. The van der Waals surface area contributed by atoms with Gasteiger partial charge in [-0.25, -0.2) is 20.0 Å². The number of hydrogen-bond donors (Lipinski definition) is 2. The average Bonchev–Trinajstić information content (AvgIpc) is 2.84. The van der Waals surface area contributed by atoms with Crippen molar-refractivity contribution in [3.63, 3.8) is 0 Å². The van der Waals surface area contributed by atoms with Crippen LogP contribution in [0.3, 0.4) is 0 Å². The van der Waals surface area contributed by atoms with Gasteiger partial charge < -0.3 is 9.64 Å². The number of nitrogens with one attached hydrogen (secondary N) is 1. The summed E-state index contributed by atoms with van der Waals surface area (Å²) in [6.45, 7) is 0.141. The van der Waals surface area contributed by atoms with Crippen LogP contribution in [0.1, 0.15) is 16.1 Å². The molecule has 0 atom stereocenters. The summed E-state index contributed by atoms with van der Waals surface area (Å²) in [6, 6.07) is 3.88. The Morgan fingerprint density at radius 3 is 3.00 bits per heavy atom. The Morgan fingerprint density at radius 2 is 2.27 bits per heavy atom. The van der Waals surface area contributed by atoms with E-state index < -0.39 is 11.9 Å². The van der Waals surface area contributed by atoms with E-state index in [0.29, 0.717) is 11.4 Å². The molecule has 0 saturated heterocycles. The summed E-state index contributed by atoms with van der Waals surface area (Å²) < 4.78 is 20.0. The molecule has 22 heavy (non-hydrogen) atoms. The minimum Gasteiger partial charge on any atom is -0.388 e. The molecule has 0 aliphatic carbocycles. The van der Waals surface area contributed by atoms with Gasteiger partial charge in [-0.3, -0.25) is 14.8 Å². The number of fused-ring (bicyclic) bond motifs is 3. The Hall–Kier alpha value is -2.94. The van der Waals surface area contributed by atoms with E-state index in [1.807, 2.05) is 5.43 Å². The van der Waals surface area contributed by atoms with E-state index in [4.69, 9.17) is 10.6 Å². The molecular weight excluding hydrogens is 293 g/mol. The van der Waals surface area contributed by atoms with Crippen molar-refractivity contribution < 1.29 is 18.7 Å². The summed E-state index contributed by atoms with van der Waals surface area (Å²) in [5.74, 6) is 4.15. The minimum atomic E-state index is -0.876. The second kappa shape index (κ2) is 5.11. The number of hydrogen-bond acceptors (Lipinski definition) is 5. The van der Waals surface area contributed by atoms with E-state index in [-0.39, 0.29) is 23.9 Å². The zero-order valence-electron chi connectivity index (χ0n) is 11.5. The molecule has 1 aliphatic heterocycles. The molecule has 2 heterocycles. The number of nitrogens with zero attached hydrogens (tertiary/aromatic N) is 3. The van der Waals surface area contributed by atoms with Crippen LogP contribution >= 0.6 is 0 Å². The molecular formula is C13H12FN5O3. The molecule has 3 N–H and O–H groups in total. The molecule has 3 rings (SSSR count). The zero-order chi connectivity index (χ0) is 15.9. The van der Waals surface area contributed by atoms with Crippen LogP contribution in [0.4, 0.5) is 9.18 Å². The molecule has 1 aliphatic rings. The monoisotopic (exact) mass is 305 g/mol. The lowest BCUT2D eigenvalue weighted by Crippen LogP contribution is -2.33. The fourth-order valence-electron chi connectivity index (χ4n) is 2.30. The Morgan fingerprint density at radius 1 is 1.50 bits per heavy atom. The molecule has 0 bridgehead atoms. The predicted octanol–water partition coefficient (Wildman–Crippen LogP) is 0.559. The third kappa shape index (κ3) is 2.17. The first-order chi connectivity index (χ1) is 10.5. The number of ether oxygens (including phenoxy) is 1. The van der Waals surface area contributed by atoms with Crippen LogP contribution in [0, 0.1) is 5.82 Å². The van der Waals surface area contributed by atoms with Crippen LogP contribution in [0.15, 0.2) is 24.5 Å². The minimum absolute atomic E-state index is 0.0276. The lowest BCUT2D eigenvalue weighted by molar-refractivity contribution is 0.0787. The van der Waals surface area contributed by atoms with Crippen molar-refractivity contribution in [3.05, 3.63) is 41.6 Å². The highest BCUT2D eigenvalue weighted by atomic mass is 19.1. The highest BCUT2D eigenvalue weighted by Crippen LogP contribution is 2.29. The molecule has 9 heteroatoms. The number of aromatic nitrogens is 2. The molecule has 1 aromatic carbocycles. The number of amides is 2. The first-order valence-corrected chi connectivity index (χ1v) is 6.31. The molecule has 0 spiro atoms. The highest BCUT2D eigenvalue weighted by molar-refractivity contribution is 5.98. The lowest BCUT2D eigenvalue weighted by atomic mass is 10.1. The van der Waals surface area contributed by atoms with Gasteiger partial charge in [-0.2, -0.15) is 0 Å². The highest BCUT2D eigenvalue weighted by Gasteiger charge is 2.27. The molecule has 114 valence electrons. The number of rotatable bonds is 1. The van der Waals surface area contributed by atoms with Crippen molar-refractivity contribution in [1.82, 2.24) is 19.9 Å². The largest absolute Gasteiger partial charge is 0.428 e. The van der Waals surface area contributed by atoms with E-state index >= 15 is 0 Å². The fourth-order valence-corrected chi connectivity index (χ4v) is 2.30. The van der Waals surface area contributed by atoms with Crippen LogP contribution in [0.5, 0.6) is 5.88 Å². The van der Waals surface area contributed by atoms with Gasteiger partial charge in [0.25, 0.3) is 5.91 Å². The standard InChI is InChI=1S/C13H12FN5O3/c1-18-5-10-11(22-13(21)17-15)16-6-19(10)9-3-2-7(14)4-8(9)12(18)20/h2-4,6H,5,15H2,1H3,(H,17,21). The molecule has 0 radical (unpaired) electrons. The number of hydrazine groups is 1. The summed E-state index contributed by atoms with van der Waals surface area (Å²) in [5, 5.41) is 0. The van der Waals surface area contributed by atoms with E-state index in [1.165, 1.54) is 23.4 Å². The predicted molar refractivity (Wildman–Crippen MR) is 72.7 cm³/mol. The van der Waals surface area contributed by atoms with Crippen LogP contribution in [0.2, 0.25) is 0 Å². The van der Waals surface area contributed by atoms with E-state index in [2.05, 4.69) is 4.98 Å². The van der Waals surface area contributed by atoms with Crippen LogP contribution in [-0.4, -0.2) is 33.5 Å². The van der Waals surface area contributed by atoms with Gasteiger partial charge in [-0.15, -0.1) is 0 Å². The number of nitrogens with two attached hydrogens (primary N) is 1. The van der Waals surface area contributed by atoms with Gasteiger partial charge in [0, 0.05) is 7.05 Å².